The maximum atomic E-state index is 13.0. The minimum absolute atomic E-state index is 0.0428. The summed E-state index contributed by atoms with van der Waals surface area (Å²) in [6, 6.07) is 4.23. The first-order valence-electron chi connectivity index (χ1n) is 6.62. The van der Waals surface area contributed by atoms with Gasteiger partial charge in [0, 0.05) is 16.7 Å². The monoisotopic (exact) mass is 350 g/mol. The SMILES string of the molecule is CC1(CNc2ccc(Br)cc2C(F)(F)F)CCNCC1. The Balaban J connectivity index is 2.13. The average Bonchev–Trinajstić information content (AvgIpc) is 2.37. The Morgan fingerprint density at radius 1 is 1.30 bits per heavy atom. The van der Waals surface area contributed by atoms with E-state index in [4.69, 9.17) is 0 Å². The molecule has 1 aromatic rings. The van der Waals surface area contributed by atoms with Crippen molar-refractivity contribution in [1.29, 1.82) is 0 Å². The molecule has 1 aliphatic rings. The van der Waals surface area contributed by atoms with E-state index >= 15 is 0 Å². The van der Waals surface area contributed by atoms with Crippen LogP contribution < -0.4 is 10.6 Å². The molecule has 20 heavy (non-hydrogen) atoms. The normalized spacial score (nSPS) is 18.9. The third-order valence-electron chi connectivity index (χ3n) is 3.80. The summed E-state index contributed by atoms with van der Waals surface area (Å²) in [6.45, 7) is 4.52. The highest BCUT2D eigenvalue weighted by Crippen LogP contribution is 2.37. The molecule has 1 fully saturated rings. The minimum atomic E-state index is -4.35. The number of nitrogens with one attached hydrogen (secondary N) is 2. The van der Waals surface area contributed by atoms with Gasteiger partial charge in [-0.3, -0.25) is 0 Å². The molecule has 0 spiro atoms. The fourth-order valence-corrected chi connectivity index (χ4v) is 2.78. The lowest BCUT2D eigenvalue weighted by Crippen LogP contribution is -2.39. The van der Waals surface area contributed by atoms with E-state index in [9.17, 15) is 13.2 Å². The van der Waals surface area contributed by atoms with Crippen molar-refractivity contribution in [3.05, 3.63) is 28.2 Å². The van der Waals surface area contributed by atoms with Crippen molar-refractivity contribution in [3.63, 3.8) is 0 Å². The van der Waals surface area contributed by atoms with Gasteiger partial charge in [-0.25, -0.2) is 0 Å². The van der Waals surface area contributed by atoms with Gasteiger partial charge in [-0.15, -0.1) is 0 Å². The Labute approximate surface area is 125 Å². The molecule has 0 radical (unpaired) electrons. The molecule has 0 bridgehead atoms. The van der Waals surface area contributed by atoms with E-state index < -0.39 is 11.7 Å². The molecule has 2 nitrogen and oxygen atoms in total. The van der Waals surface area contributed by atoms with E-state index in [1.54, 1.807) is 6.07 Å². The zero-order valence-corrected chi connectivity index (χ0v) is 12.9. The molecule has 0 saturated carbocycles. The molecular formula is C14H18BrF3N2. The highest BCUT2D eigenvalue weighted by atomic mass is 79.9. The number of anilines is 1. The highest BCUT2D eigenvalue weighted by Gasteiger charge is 2.34. The van der Waals surface area contributed by atoms with Crippen molar-refractivity contribution in [2.45, 2.75) is 25.9 Å². The summed E-state index contributed by atoms with van der Waals surface area (Å²) >= 11 is 3.09. The van der Waals surface area contributed by atoms with Crippen molar-refractivity contribution < 1.29 is 13.2 Å². The topological polar surface area (TPSA) is 24.1 Å². The van der Waals surface area contributed by atoms with Crippen molar-refractivity contribution in [2.75, 3.05) is 25.0 Å². The fraction of sp³-hybridized carbons (Fsp3) is 0.571. The minimum Gasteiger partial charge on any atom is -0.384 e. The number of hydrogen-bond acceptors (Lipinski definition) is 2. The zero-order chi connectivity index (χ0) is 14.8. The van der Waals surface area contributed by atoms with E-state index in [-0.39, 0.29) is 11.1 Å². The van der Waals surface area contributed by atoms with Gasteiger partial charge < -0.3 is 10.6 Å². The van der Waals surface area contributed by atoms with E-state index in [1.165, 1.54) is 6.07 Å². The van der Waals surface area contributed by atoms with Gasteiger partial charge in [-0.05, 0) is 49.5 Å². The lowest BCUT2D eigenvalue weighted by atomic mass is 9.81. The molecule has 1 aliphatic heterocycles. The van der Waals surface area contributed by atoms with Crippen LogP contribution in [0, 0.1) is 5.41 Å². The second-order valence-corrected chi connectivity index (χ2v) is 6.52. The molecule has 112 valence electrons. The molecule has 1 heterocycles. The largest absolute Gasteiger partial charge is 0.418 e. The predicted octanol–water partition coefficient (Wildman–Crippen LogP) is 4.27. The van der Waals surface area contributed by atoms with E-state index in [0.717, 1.165) is 32.0 Å². The average molecular weight is 351 g/mol. The Bertz CT molecular complexity index is 468. The van der Waals surface area contributed by atoms with Gasteiger partial charge in [0.1, 0.15) is 0 Å². The highest BCUT2D eigenvalue weighted by molar-refractivity contribution is 9.10. The van der Waals surface area contributed by atoms with Gasteiger partial charge in [-0.2, -0.15) is 13.2 Å². The van der Waals surface area contributed by atoms with Crippen LogP contribution in [0.25, 0.3) is 0 Å². The number of benzene rings is 1. The standard InChI is InChI=1S/C14H18BrF3N2/c1-13(4-6-19-7-5-13)9-20-12-3-2-10(15)8-11(12)14(16,17)18/h2-3,8,19-20H,4-7,9H2,1H3. The molecule has 1 aromatic carbocycles. The summed E-state index contributed by atoms with van der Waals surface area (Å²) in [5.41, 5.74) is -0.425. The van der Waals surface area contributed by atoms with Crippen LogP contribution in [0.4, 0.5) is 18.9 Å². The van der Waals surface area contributed by atoms with Gasteiger partial charge in [0.2, 0.25) is 0 Å². The third-order valence-corrected chi connectivity index (χ3v) is 4.30. The van der Waals surface area contributed by atoms with Crippen LogP contribution in [0.3, 0.4) is 0 Å². The van der Waals surface area contributed by atoms with Crippen LogP contribution >= 0.6 is 15.9 Å². The van der Waals surface area contributed by atoms with Crippen LogP contribution in [0.1, 0.15) is 25.3 Å². The summed E-state index contributed by atoms with van der Waals surface area (Å²) < 4.78 is 39.5. The molecule has 0 amide bonds. The molecule has 2 N–H and O–H groups in total. The summed E-state index contributed by atoms with van der Waals surface area (Å²) in [6.07, 6.45) is -2.41. The van der Waals surface area contributed by atoms with Crippen LogP contribution in [-0.2, 0) is 6.18 Å². The van der Waals surface area contributed by atoms with Gasteiger partial charge in [0.05, 0.1) is 5.56 Å². The van der Waals surface area contributed by atoms with E-state index in [1.807, 2.05) is 0 Å². The quantitative estimate of drug-likeness (QED) is 0.850. The summed E-state index contributed by atoms with van der Waals surface area (Å²) in [7, 11) is 0. The smallest absolute Gasteiger partial charge is 0.384 e. The van der Waals surface area contributed by atoms with Crippen LogP contribution in [0.2, 0.25) is 0 Å². The number of rotatable bonds is 3. The number of alkyl halides is 3. The maximum Gasteiger partial charge on any atom is 0.418 e. The van der Waals surface area contributed by atoms with Crippen LogP contribution in [0.15, 0.2) is 22.7 Å². The molecule has 1 saturated heterocycles. The first kappa shape index (κ1) is 15.6. The Kier molecular flexibility index (Phi) is 4.64. The van der Waals surface area contributed by atoms with Crippen molar-refractivity contribution in [2.24, 2.45) is 5.41 Å². The molecule has 0 aromatic heterocycles. The predicted molar refractivity (Wildman–Crippen MR) is 77.8 cm³/mol. The Morgan fingerprint density at radius 3 is 2.55 bits per heavy atom. The number of piperidine rings is 1. The van der Waals surface area contributed by atoms with Gasteiger partial charge in [0.25, 0.3) is 0 Å². The Hall–Kier alpha value is -0.750. The lowest BCUT2D eigenvalue weighted by molar-refractivity contribution is -0.137. The third kappa shape index (κ3) is 3.88. The van der Waals surface area contributed by atoms with Crippen molar-refractivity contribution in [3.8, 4) is 0 Å². The Morgan fingerprint density at radius 2 is 1.95 bits per heavy atom. The molecule has 0 aliphatic carbocycles. The van der Waals surface area contributed by atoms with Crippen LogP contribution in [-0.4, -0.2) is 19.6 Å². The summed E-state index contributed by atoms with van der Waals surface area (Å²) in [5.74, 6) is 0. The second kappa shape index (κ2) is 5.93. The van der Waals surface area contributed by atoms with Crippen molar-refractivity contribution in [1.82, 2.24) is 5.32 Å². The second-order valence-electron chi connectivity index (χ2n) is 5.60. The first-order valence-corrected chi connectivity index (χ1v) is 7.41. The fourth-order valence-electron chi connectivity index (χ4n) is 2.42. The van der Waals surface area contributed by atoms with Gasteiger partial charge in [0.15, 0.2) is 0 Å². The maximum absolute atomic E-state index is 13.0. The van der Waals surface area contributed by atoms with E-state index in [0.29, 0.717) is 11.0 Å². The van der Waals surface area contributed by atoms with E-state index in [2.05, 4.69) is 33.5 Å². The summed E-state index contributed by atoms with van der Waals surface area (Å²) in [5, 5.41) is 6.26. The lowest BCUT2D eigenvalue weighted by Gasteiger charge is -2.34. The number of halogens is 4. The molecule has 6 heteroatoms. The summed E-state index contributed by atoms with van der Waals surface area (Å²) in [4.78, 5) is 0. The first-order chi connectivity index (χ1) is 9.30. The van der Waals surface area contributed by atoms with Gasteiger partial charge >= 0.3 is 6.18 Å². The molecule has 0 atom stereocenters. The zero-order valence-electron chi connectivity index (χ0n) is 11.3. The van der Waals surface area contributed by atoms with Gasteiger partial charge in [-0.1, -0.05) is 22.9 Å². The van der Waals surface area contributed by atoms with Crippen molar-refractivity contribution >= 4 is 21.6 Å². The molecule has 0 unspecified atom stereocenters. The number of hydrogen-bond donors (Lipinski definition) is 2. The van der Waals surface area contributed by atoms with Crippen LogP contribution in [0.5, 0.6) is 0 Å². The molecular weight excluding hydrogens is 333 g/mol. The molecule has 2 rings (SSSR count).